The molecule has 0 radical (unpaired) electrons. The van der Waals surface area contributed by atoms with Crippen LogP contribution in [0.5, 0.6) is 0 Å². The maximum atomic E-state index is 11.3. The molecule has 0 amide bonds. The van der Waals surface area contributed by atoms with Crippen molar-refractivity contribution >= 4 is 0 Å². The molecule has 0 aliphatic rings. The largest absolute Gasteiger partial charge is 0.379 e. The predicted octanol–water partition coefficient (Wildman–Crippen LogP) is 3.26. The summed E-state index contributed by atoms with van der Waals surface area (Å²) in [5, 5.41) is 11.3. The van der Waals surface area contributed by atoms with E-state index in [1.54, 1.807) is 0 Å². The van der Waals surface area contributed by atoms with Crippen molar-refractivity contribution in [3.8, 4) is 0 Å². The smallest absolute Gasteiger partial charge is 0.127 e. The molecule has 2 aromatic rings. The molecule has 0 aliphatic carbocycles. The molecule has 0 bridgehead atoms. The highest BCUT2D eigenvalue weighted by Gasteiger charge is 2.32. The molecule has 0 fully saturated rings. The Morgan fingerprint density at radius 3 is 1.55 bits per heavy atom. The first-order valence-corrected chi connectivity index (χ1v) is 7.26. The highest BCUT2D eigenvalue weighted by molar-refractivity contribution is 5.36. The molecule has 2 nitrogen and oxygen atoms in total. The van der Waals surface area contributed by atoms with Gasteiger partial charge in [0.15, 0.2) is 0 Å². The van der Waals surface area contributed by atoms with Crippen molar-refractivity contribution in [2.45, 2.75) is 19.4 Å². The molecule has 2 aromatic carbocycles. The third kappa shape index (κ3) is 3.09. The molecule has 0 saturated carbocycles. The Bertz CT molecular complexity index is 466. The van der Waals surface area contributed by atoms with Crippen LogP contribution in [-0.2, 0) is 5.60 Å². The zero-order valence-electron chi connectivity index (χ0n) is 12.3. The van der Waals surface area contributed by atoms with E-state index in [1.165, 1.54) is 0 Å². The second-order valence-electron chi connectivity index (χ2n) is 5.05. The second kappa shape index (κ2) is 6.69. The Hall–Kier alpha value is -1.64. The summed E-state index contributed by atoms with van der Waals surface area (Å²) < 4.78 is 0. The Balaban J connectivity index is 2.43. The van der Waals surface area contributed by atoms with Crippen LogP contribution in [0.2, 0.25) is 0 Å². The van der Waals surface area contributed by atoms with E-state index in [0.29, 0.717) is 6.54 Å². The molecule has 0 saturated heterocycles. The summed E-state index contributed by atoms with van der Waals surface area (Å²) in [6.45, 7) is 6.71. The van der Waals surface area contributed by atoms with Crippen molar-refractivity contribution in [2.24, 2.45) is 0 Å². The van der Waals surface area contributed by atoms with Gasteiger partial charge in [-0.2, -0.15) is 0 Å². The van der Waals surface area contributed by atoms with Gasteiger partial charge in [0.2, 0.25) is 0 Å². The van der Waals surface area contributed by atoms with E-state index in [9.17, 15) is 5.11 Å². The molecule has 2 heteroatoms. The number of benzene rings is 2. The molecular formula is C18H23NO. The number of hydrogen-bond acceptors (Lipinski definition) is 2. The van der Waals surface area contributed by atoms with Crippen LogP contribution in [0.4, 0.5) is 0 Å². The highest BCUT2D eigenvalue weighted by Crippen LogP contribution is 2.30. The first-order valence-electron chi connectivity index (χ1n) is 7.26. The molecule has 0 heterocycles. The van der Waals surface area contributed by atoms with Gasteiger partial charge in [-0.05, 0) is 24.2 Å². The van der Waals surface area contributed by atoms with Crippen LogP contribution < -0.4 is 0 Å². The summed E-state index contributed by atoms with van der Waals surface area (Å²) >= 11 is 0. The fraction of sp³-hybridized carbons (Fsp3) is 0.333. The van der Waals surface area contributed by atoms with Gasteiger partial charge in [-0.15, -0.1) is 0 Å². The summed E-state index contributed by atoms with van der Waals surface area (Å²) in [7, 11) is 0. The summed E-state index contributed by atoms with van der Waals surface area (Å²) in [4.78, 5) is 2.25. The van der Waals surface area contributed by atoms with Crippen LogP contribution in [0.25, 0.3) is 0 Å². The van der Waals surface area contributed by atoms with Crippen molar-refractivity contribution in [1.82, 2.24) is 4.90 Å². The van der Waals surface area contributed by atoms with E-state index < -0.39 is 5.60 Å². The Labute approximate surface area is 121 Å². The van der Waals surface area contributed by atoms with Crippen molar-refractivity contribution in [1.29, 1.82) is 0 Å². The van der Waals surface area contributed by atoms with Gasteiger partial charge < -0.3 is 10.0 Å². The molecule has 0 spiro atoms. The quantitative estimate of drug-likeness (QED) is 0.870. The predicted molar refractivity (Wildman–Crippen MR) is 83.7 cm³/mol. The zero-order valence-corrected chi connectivity index (χ0v) is 12.3. The fourth-order valence-corrected chi connectivity index (χ4v) is 2.55. The van der Waals surface area contributed by atoms with Gasteiger partial charge in [0.25, 0.3) is 0 Å². The molecule has 20 heavy (non-hydrogen) atoms. The molecular weight excluding hydrogens is 246 g/mol. The fourth-order valence-electron chi connectivity index (χ4n) is 2.55. The van der Waals surface area contributed by atoms with Crippen LogP contribution >= 0.6 is 0 Å². The maximum Gasteiger partial charge on any atom is 0.127 e. The lowest BCUT2D eigenvalue weighted by atomic mass is 9.86. The molecule has 0 aliphatic heterocycles. The minimum absolute atomic E-state index is 0.605. The minimum Gasteiger partial charge on any atom is -0.379 e. The van der Waals surface area contributed by atoms with E-state index >= 15 is 0 Å². The van der Waals surface area contributed by atoms with Gasteiger partial charge in [0, 0.05) is 6.54 Å². The number of hydrogen-bond donors (Lipinski definition) is 1. The average molecular weight is 269 g/mol. The van der Waals surface area contributed by atoms with E-state index in [-0.39, 0.29) is 0 Å². The molecule has 2 rings (SSSR count). The Morgan fingerprint density at radius 1 is 0.800 bits per heavy atom. The van der Waals surface area contributed by atoms with Crippen molar-refractivity contribution in [3.05, 3.63) is 71.8 Å². The van der Waals surface area contributed by atoms with E-state index in [2.05, 4.69) is 18.7 Å². The second-order valence-corrected chi connectivity index (χ2v) is 5.05. The van der Waals surface area contributed by atoms with Crippen molar-refractivity contribution in [3.63, 3.8) is 0 Å². The van der Waals surface area contributed by atoms with Gasteiger partial charge in [-0.3, -0.25) is 0 Å². The van der Waals surface area contributed by atoms with E-state index in [1.807, 2.05) is 60.7 Å². The molecule has 1 N–H and O–H groups in total. The average Bonchev–Trinajstić information content (AvgIpc) is 2.54. The maximum absolute atomic E-state index is 11.3. The van der Waals surface area contributed by atoms with Crippen LogP contribution in [0.1, 0.15) is 25.0 Å². The SMILES string of the molecule is CCN(CC)CC(O)(c1ccccc1)c1ccccc1. The van der Waals surface area contributed by atoms with E-state index in [4.69, 9.17) is 0 Å². The molecule has 0 aromatic heterocycles. The van der Waals surface area contributed by atoms with Gasteiger partial charge in [-0.25, -0.2) is 0 Å². The number of likely N-dealkylation sites (N-methyl/N-ethyl adjacent to an activating group) is 1. The van der Waals surface area contributed by atoms with Crippen molar-refractivity contribution in [2.75, 3.05) is 19.6 Å². The summed E-state index contributed by atoms with van der Waals surface area (Å²) in [6.07, 6.45) is 0. The topological polar surface area (TPSA) is 23.5 Å². The Morgan fingerprint density at radius 2 is 1.20 bits per heavy atom. The van der Waals surface area contributed by atoms with Gasteiger partial charge in [0.1, 0.15) is 5.60 Å². The third-order valence-electron chi connectivity index (χ3n) is 3.85. The first-order chi connectivity index (χ1) is 9.70. The summed E-state index contributed by atoms with van der Waals surface area (Å²) in [5.41, 5.74) is 0.922. The van der Waals surface area contributed by atoms with Crippen LogP contribution in [0.3, 0.4) is 0 Å². The van der Waals surface area contributed by atoms with Crippen LogP contribution in [0, 0.1) is 0 Å². The van der Waals surface area contributed by atoms with Crippen LogP contribution in [-0.4, -0.2) is 29.6 Å². The standard InChI is InChI=1S/C18H23NO/c1-3-19(4-2)15-18(20,16-11-7-5-8-12-16)17-13-9-6-10-14-17/h5-14,20H,3-4,15H2,1-2H3. The van der Waals surface area contributed by atoms with Crippen molar-refractivity contribution < 1.29 is 5.11 Å². The summed E-state index contributed by atoms with van der Waals surface area (Å²) in [6, 6.07) is 19.9. The van der Waals surface area contributed by atoms with Gasteiger partial charge in [-0.1, -0.05) is 74.5 Å². The number of nitrogens with zero attached hydrogens (tertiary/aromatic N) is 1. The zero-order chi connectivity index (χ0) is 14.4. The third-order valence-corrected chi connectivity index (χ3v) is 3.85. The number of rotatable bonds is 6. The van der Waals surface area contributed by atoms with E-state index in [0.717, 1.165) is 24.2 Å². The molecule has 0 unspecified atom stereocenters. The first kappa shape index (κ1) is 14.8. The Kier molecular flexibility index (Phi) is 4.94. The normalized spacial score (nSPS) is 11.8. The lowest BCUT2D eigenvalue weighted by Crippen LogP contribution is -2.41. The van der Waals surface area contributed by atoms with Gasteiger partial charge in [0.05, 0.1) is 0 Å². The summed E-state index contributed by atoms with van der Waals surface area (Å²) in [5.74, 6) is 0. The lowest BCUT2D eigenvalue weighted by molar-refractivity contribution is 0.0389. The lowest BCUT2D eigenvalue weighted by Gasteiger charge is -2.34. The number of aliphatic hydroxyl groups is 1. The van der Waals surface area contributed by atoms with Gasteiger partial charge >= 0.3 is 0 Å². The highest BCUT2D eigenvalue weighted by atomic mass is 16.3. The molecule has 106 valence electrons. The monoisotopic (exact) mass is 269 g/mol. The van der Waals surface area contributed by atoms with Crippen LogP contribution in [0.15, 0.2) is 60.7 Å². The minimum atomic E-state index is -0.964. The molecule has 0 atom stereocenters.